The Bertz CT molecular complexity index is 443. The largest absolute Gasteiger partial charge is 0.462 e. The number of nitrogen functional groups attached to an aromatic ring is 1. The standard InChI is InChI=1S/C13H20N2O6/c14-7-1-3-8(4-2-7)20-13-12(18)11(17)10(16)9(21-13)5-6-15-19/h1-4,9-13,15-19H,5-6,14H2/t9?,10-,11?,12?,13+/m1/s1. The van der Waals surface area contributed by atoms with Gasteiger partial charge < -0.3 is 35.7 Å². The van der Waals surface area contributed by atoms with E-state index >= 15 is 0 Å². The number of aliphatic hydroxyl groups excluding tert-OH is 3. The van der Waals surface area contributed by atoms with Crippen molar-refractivity contribution in [3.8, 4) is 5.75 Å². The number of nitrogens with one attached hydrogen (secondary N) is 1. The SMILES string of the molecule is Nc1ccc(O[C@H]2OC(CCNO)[C@@H](O)C(O)C2O)cc1. The number of hydroxylamine groups is 1. The summed E-state index contributed by atoms with van der Waals surface area (Å²) < 4.78 is 10.9. The third kappa shape index (κ3) is 3.82. The Morgan fingerprint density at radius 3 is 2.38 bits per heavy atom. The summed E-state index contributed by atoms with van der Waals surface area (Å²) in [5.74, 6) is 0.413. The third-order valence-corrected chi connectivity index (χ3v) is 3.34. The van der Waals surface area contributed by atoms with Crippen molar-refractivity contribution in [2.75, 3.05) is 12.3 Å². The minimum Gasteiger partial charge on any atom is -0.462 e. The molecule has 0 bridgehead atoms. The highest BCUT2D eigenvalue weighted by molar-refractivity contribution is 5.41. The lowest BCUT2D eigenvalue weighted by atomic mass is 9.97. The van der Waals surface area contributed by atoms with Crippen molar-refractivity contribution < 1.29 is 30.0 Å². The molecule has 1 fully saturated rings. The van der Waals surface area contributed by atoms with Gasteiger partial charge in [-0.3, -0.25) is 0 Å². The molecule has 0 aliphatic carbocycles. The molecule has 1 saturated heterocycles. The van der Waals surface area contributed by atoms with Crippen LogP contribution >= 0.6 is 0 Å². The third-order valence-electron chi connectivity index (χ3n) is 3.34. The number of hydrogen-bond acceptors (Lipinski definition) is 8. The lowest BCUT2D eigenvalue weighted by molar-refractivity contribution is -0.273. The number of rotatable bonds is 5. The Balaban J connectivity index is 2.04. The predicted molar refractivity (Wildman–Crippen MR) is 72.6 cm³/mol. The molecule has 5 atom stereocenters. The Labute approximate surface area is 121 Å². The molecule has 1 aliphatic heterocycles. The van der Waals surface area contributed by atoms with Gasteiger partial charge in [0.1, 0.15) is 24.1 Å². The maximum absolute atomic E-state index is 9.92. The van der Waals surface area contributed by atoms with Gasteiger partial charge in [0.15, 0.2) is 0 Å². The summed E-state index contributed by atoms with van der Waals surface area (Å²) in [4.78, 5) is 0. The molecule has 1 aliphatic rings. The quantitative estimate of drug-likeness (QED) is 0.295. The average molecular weight is 300 g/mol. The van der Waals surface area contributed by atoms with Gasteiger partial charge >= 0.3 is 0 Å². The van der Waals surface area contributed by atoms with Crippen molar-refractivity contribution in [1.82, 2.24) is 5.48 Å². The molecule has 0 spiro atoms. The second-order valence-electron chi connectivity index (χ2n) is 4.90. The maximum atomic E-state index is 9.92. The van der Waals surface area contributed by atoms with Crippen LogP contribution < -0.4 is 16.0 Å². The molecule has 118 valence electrons. The van der Waals surface area contributed by atoms with E-state index in [0.29, 0.717) is 11.4 Å². The van der Waals surface area contributed by atoms with Gasteiger partial charge in [0.2, 0.25) is 6.29 Å². The molecular formula is C13H20N2O6. The average Bonchev–Trinajstić information content (AvgIpc) is 2.49. The Morgan fingerprint density at radius 1 is 1.10 bits per heavy atom. The zero-order chi connectivity index (χ0) is 15.4. The van der Waals surface area contributed by atoms with Crippen LogP contribution in [0.3, 0.4) is 0 Å². The van der Waals surface area contributed by atoms with Crippen LogP contribution in [0.25, 0.3) is 0 Å². The molecule has 0 amide bonds. The molecule has 8 nitrogen and oxygen atoms in total. The van der Waals surface area contributed by atoms with Gasteiger partial charge in [-0.1, -0.05) is 0 Å². The minimum atomic E-state index is -1.40. The van der Waals surface area contributed by atoms with E-state index in [9.17, 15) is 15.3 Å². The molecule has 21 heavy (non-hydrogen) atoms. The van der Waals surface area contributed by atoms with Crippen molar-refractivity contribution >= 4 is 5.69 Å². The molecule has 0 radical (unpaired) electrons. The first-order valence-corrected chi connectivity index (χ1v) is 6.61. The van der Waals surface area contributed by atoms with Gasteiger partial charge in [-0.05, 0) is 30.7 Å². The number of nitrogens with two attached hydrogens (primary N) is 1. The molecular weight excluding hydrogens is 280 g/mol. The first kappa shape index (κ1) is 16.0. The molecule has 0 aromatic heterocycles. The van der Waals surface area contributed by atoms with Gasteiger partial charge in [-0.15, -0.1) is 0 Å². The van der Waals surface area contributed by atoms with Gasteiger partial charge in [-0.25, -0.2) is 5.48 Å². The first-order chi connectivity index (χ1) is 10.0. The zero-order valence-electron chi connectivity index (χ0n) is 11.3. The molecule has 3 unspecified atom stereocenters. The lowest BCUT2D eigenvalue weighted by Crippen LogP contribution is -2.59. The number of aliphatic hydroxyl groups is 3. The molecule has 1 aromatic carbocycles. The fourth-order valence-electron chi connectivity index (χ4n) is 2.14. The Hall–Kier alpha value is -1.42. The number of anilines is 1. The summed E-state index contributed by atoms with van der Waals surface area (Å²) in [5.41, 5.74) is 8.07. The molecule has 0 saturated carbocycles. The van der Waals surface area contributed by atoms with Crippen molar-refractivity contribution in [3.05, 3.63) is 24.3 Å². The smallest absolute Gasteiger partial charge is 0.229 e. The van der Waals surface area contributed by atoms with Crippen LogP contribution in [0.4, 0.5) is 5.69 Å². The van der Waals surface area contributed by atoms with E-state index in [1.54, 1.807) is 24.3 Å². The lowest BCUT2D eigenvalue weighted by Gasteiger charge is -2.40. The van der Waals surface area contributed by atoms with Gasteiger partial charge in [-0.2, -0.15) is 0 Å². The second-order valence-corrected chi connectivity index (χ2v) is 4.90. The van der Waals surface area contributed by atoms with Crippen molar-refractivity contribution in [3.63, 3.8) is 0 Å². The van der Waals surface area contributed by atoms with Crippen molar-refractivity contribution in [2.45, 2.75) is 37.1 Å². The molecule has 2 rings (SSSR count). The molecule has 7 N–H and O–H groups in total. The Kier molecular flexibility index (Phi) is 5.34. The van der Waals surface area contributed by atoms with Gasteiger partial charge in [0.05, 0.1) is 6.10 Å². The van der Waals surface area contributed by atoms with E-state index in [1.807, 2.05) is 5.48 Å². The van der Waals surface area contributed by atoms with E-state index in [4.69, 9.17) is 20.4 Å². The highest BCUT2D eigenvalue weighted by Crippen LogP contribution is 2.26. The van der Waals surface area contributed by atoms with Crippen LogP contribution in [0.5, 0.6) is 5.75 Å². The minimum absolute atomic E-state index is 0.166. The summed E-state index contributed by atoms with van der Waals surface area (Å²) in [7, 11) is 0. The van der Waals surface area contributed by atoms with E-state index in [-0.39, 0.29) is 13.0 Å². The van der Waals surface area contributed by atoms with Crippen molar-refractivity contribution in [1.29, 1.82) is 0 Å². The predicted octanol–water partition coefficient (Wildman–Crippen LogP) is -1.18. The summed E-state index contributed by atoms with van der Waals surface area (Å²) in [6.07, 6.45) is -5.72. The molecule has 8 heteroatoms. The van der Waals surface area contributed by atoms with Gasteiger partial charge in [0.25, 0.3) is 0 Å². The maximum Gasteiger partial charge on any atom is 0.229 e. The zero-order valence-corrected chi connectivity index (χ0v) is 11.3. The highest BCUT2D eigenvalue weighted by Gasteiger charge is 2.44. The highest BCUT2D eigenvalue weighted by atomic mass is 16.7. The fraction of sp³-hybridized carbons (Fsp3) is 0.538. The van der Waals surface area contributed by atoms with Crippen LogP contribution in [-0.2, 0) is 4.74 Å². The summed E-state index contributed by atoms with van der Waals surface area (Å²) >= 11 is 0. The van der Waals surface area contributed by atoms with E-state index < -0.39 is 30.7 Å². The topological polar surface area (TPSA) is 137 Å². The molecule has 1 aromatic rings. The van der Waals surface area contributed by atoms with Crippen molar-refractivity contribution in [2.24, 2.45) is 0 Å². The van der Waals surface area contributed by atoms with E-state index in [2.05, 4.69) is 0 Å². The number of benzene rings is 1. The van der Waals surface area contributed by atoms with Crippen LogP contribution in [0.1, 0.15) is 6.42 Å². The monoisotopic (exact) mass is 300 g/mol. The van der Waals surface area contributed by atoms with E-state index in [0.717, 1.165) is 0 Å². The summed E-state index contributed by atoms with van der Waals surface area (Å²) in [6, 6.07) is 6.46. The molecule has 1 heterocycles. The number of ether oxygens (including phenoxy) is 2. The second kappa shape index (κ2) is 7.03. The van der Waals surface area contributed by atoms with Crippen LogP contribution in [-0.4, -0.2) is 57.8 Å². The normalized spacial score (nSPS) is 32.9. The van der Waals surface area contributed by atoms with Crippen LogP contribution in [0.2, 0.25) is 0 Å². The fourth-order valence-corrected chi connectivity index (χ4v) is 2.14. The summed E-state index contributed by atoms with van der Waals surface area (Å²) in [6.45, 7) is 0.166. The first-order valence-electron chi connectivity index (χ1n) is 6.61. The van der Waals surface area contributed by atoms with Crippen LogP contribution in [0.15, 0.2) is 24.3 Å². The van der Waals surface area contributed by atoms with E-state index in [1.165, 1.54) is 0 Å². The van der Waals surface area contributed by atoms with Crippen LogP contribution in [0, 0.1) is 0 Å². The Morgan fingerprint density at radius 2 is 1.76 bits per heavy atom. The van der Waals surface area contributed by atoms with Gasteiger partial charge in [0, 0.05) is 12.2 Å². The summed E-state index contributed by atoms with van der Waals surface area (Å²) in [5, 5.41) is 38.2. The number of hydrogen-bond donors (Lipinski definition) is 6.